The molecule has 1 aromatic carbocycles. The van der Waals surface area contributed by atoms with Gasteiger partial charge >= 0.3 is 5.97 Å². The third-order valence-electron chi connectivity index (χ3n) is 2.88. The Bertz CT molecular complexity index is 664. The second-order valence-corrected chi connectivity index (χ2v) is 4.09. The summed E-state index contributed by atoms with van der Waals surface area (Å²) in [5.74, 6) is -0.992. The number of carbonyl (C=O) groups is 1. The van der Waals surface area contributed by atoms with Crippen LogP contribution in [0, 0.1) is 5.82 Å². The third-order valence-corrected chi connectivity index (χ3v) is 2.88. The standard InChI is InChI=1S/C14H14FN3O2/c1-3-11-12(16)13(14(19)20-2)17-18(11)8-9-6-4-5-7-10(9)15/h3-7H,1,8,16H2,2H3. The second kappa shape index (κ2) is 5.56. The Hall–Kier alpha value is -2.63. The summed E-state index contributed by atoms with van der Waals surface area (Å²) in [5, 5.41) is 4.07. The lowest BCUT2D eigenvalue weighted by Crippen LogP contribution is -2.08. The normalized spacial score (nSPS) is 10.3. The van der Waals surface area contributed by atoms with Gasteiger partial charge < -0.3 is 10.5 Å². The zero-order chi connectivity index (χ0) is 14.7. The van der Waals surface area contributed by atoms with Crippen LogP contribution in [0.4, 0.5) is 10.1 Å². The zero-order valence-electron chi connectivity index (χ0n) is 11.0. The second-order valence-electron chi connectivity index (χ2n) is 4.09. The largest absolute Gasteiger partial charge is 0.464 e. The molecule has 6 heteroatoms. The number of halogens is 1. The van der Waals surface area contributed by atoms with Gasteiger partial charge in [0.2, 0.25) is 0 Å². The van der Waals surface area contributed by atoms with E-state index >= 15 is 0 Å². The number of hydrogen-bond donors (Lipinski definition) is 1. The van der Waals surface area contributed by atoms with Crippen LogP contribution in [0.5, 0.6) is 0 Å². The van der Waals surface area contributed by atoms with E-state index < -0.39 is 5.97 Å². The summed E-state index contributed by atoms with van der Waals surface area (Å²) in [4.78, 5) is 11.5. The smallest absolute Gasteiger partial charge is 0.360 e. The van der Waals surface area contributed by atoms with Gasteiger partial charge in [-0.2, -0.15) is 5.10 Å². The highest BCUT2D eigenvalue weighted by Crippen LogP contribution is 2.21. The molecule has 2 rings (SSSR count). The summed E-state index contributed by atoms with van der Waals surface area (Å²) < 4.78 is 19.7. The lowest BCUT2D eigenvalue weighted by molar-refractivity contribution is 0.0594. The summed E-state index contributed by atoms with van der Waals surface area (Å²) >= 11 is 0. The number of anilines is 1. The van der Waals surface area contributed by atoms with Gasteiger partial charge in [-0.25, -0.2) is 9.18 Å². The zero-order valence-corrected chi connectivity index (χ0v) is 11.0. The van der Waals surface area contributed by atoms with E-state index in [9.17, 15) is 9.18 Å². The van der Waals surface area contributed by atoms with E-state index in [4.69, 9.17) is 5.73 Å². The molecule has 0 aliphatic rings. The molecule has 0 atom stereocenters. The lowest BCUT2D eigenvalue weighted by Gasteiger charge is -2.05. The number of nitrogen functional groups attached to an aromatic ring is 1. The Morgan fingerprint density at radius 2 is 2.25 bits per heavy atom. The summed E-state index contributed by atoms with van der Waals surface area (Å²) in [6, 6.07) is 6.32. The quantitative estimate of drug-likeness (QED) is 0.867. The van der Waals surface area contributed by atoms with Crippen molar-refractivity contribution in [2.75, 3.05) is 12.8 Å². The van der Waals surface area contributed by atoms with Gasteiger partial charge in [0.25, 0.3) is 0 Å². The van der Waals surface area contributed by atoms with Crippen molar-refractivity contribution < 1.29 is 13.9 Å². The first kappa shape index (κ1) is 13.8. The number of aromatic nitrogens is 2. The predicted molar refractivity (Wildman–Crippen MR) is 73.6 cm³/mol. The van der Waals surface area contributed by atoms with Crippen LogP contribution in [0.15, 0.2) is 30.8 Å². The molecular weight excluding hydrogens is 261 g/mol. The van der Waals surface area contributed by atoms with Gasteiger partial charge in [0.1, 0.15) is 5.82 Å². The maximum absolute atomic E-state index is 13.7. The molecule has 0 amide bonds. The van der Waals surface area contributed by atoms with Crippen molar-refractivity contribution in [2.24, 2.45) is 0 Å². The summed E-state index contributed by atoms with van der Waals surface area (Å²) in [5.41, 5.74) is 6.89. The number of hydrogen-bond acceptors (Lipinski definition) is 4. The predicted octanol–water partition coefficient (Wildman–Crippen LogP) is 2.08. The van der Waals surface area contributed by atoms with Crippen LogP contribution >= 0.6 is 0 Å². The number of nitrogens with zero attached hydrogens (tertiary/aromatic N) is 2. The number of benzene rings is 1. The van der Waals surface area contributed by atoms with E-state index in [1.807, 2.05) is 0 Å². The summed E-state index contributed by atoms with van der Waals surface area (Å²) in [7, 11) is 1.24. The van der Waals surface area contributed by atoms with E-state index in [0.717, 1.165) is 0 Å². The number of esters is 1. The van der Waals surface area contributed by atoms with Gasteiger partial charge in [-0.1, -0.05) is 24.8 Å². The number of carbonyl (C=O) groups excluding carboxylic acids is 1. The minimum absolute atomic E-state index is 0.00117. The van der Waals surface area contributed by atoms with Gasteiger partial charge in [-0.3, -0.25) is 4.68 Å². The molecule has 20 heavy (non-hydrogen) atoms. The number of ether oxygens (including phenoxy) is 1. The van der Waals surface area contributed by atoms with Crippen LogP contribution in [0.25, 0.3) is 6.08 Å². The number of methoxy groups -OCH3 is 1. The SMILES string of the molecule is C=Cc1c(N)c(C(=O)OC)nn1Cc1ccccc1F. The van der Waals surface area contributed by atoms with E-state index in [1.54, 1.807) is 18.2 Å². The fourth-order valence-electron chi connectivity index (χ4n) is 1.86. The van der Waals surface area contributed by atoms with Crippen molar-refractivity contribution in [3.8, 4) is 0 Å². The fourth-order valence-corrected chi connectivity index (χ4v) is 1.86. The molecule has 1 aromatic heterocycles. The number of rotatable bonds is 4. The molecule has 104 valence electrons. The van der Waals surface area contributed by atoms with Gasteiger partial charge in [-0.05, 0) is 12.1 Å². The molecule has 2 aromatic rings. The molecule has 0 aliphatic heterocycles. The average molecular weight is 275 g/mol. The molecule has 0 radical (unpaired) electrons. The fraction of sp³-hybridized carbons (Fsp3) is 0.143. The molecule has 0 aliphatic carbocycles. The highest BCUT2D eigenvalue weighted by Gasteiger charge is 2.20. The highest BCUT2D eigenvalue weighted by molar-refractivity contribution is 5.94. The van der Waals surface area contributed by atoms with Crippen molar-refractivity contribution in [1.29, 1.82) is 0 Å². The van der Waals surface area contributed by atoms with Crippen molar-refractivity contribution in [1.82, 2.24) is 9.78 Å². The van der Waals surface area contributed by atoms with Crippen molar-refractivity contribution in [2.45, 2.75) is 6.54 Å². The topological polar surface area (TPSA) is 70.1 Å². The first-order valence-corrected chi connectivity index (χ1v) is 5.89. The van der Waals surface area contributed by atoms with Gasteiger partial charge in [-0.15, -0.1) is 0 Å². The molecule has 0 unspecified atom stereocenters. The van der Waals surface area contributed by atoms with Crippen LogP contribution in [-0.2, 0) is 11.3 Å². The summed E-state index contributed by atoms with van der Waals surface area (Å²) in [6.45, 7) is 3.78. The minimum atomic E-state index is -0.641. The van der Waals surface area contributed by atoms with Crippen molar-refractivity contribution in [3.05, 3.63) is 53.6 Å². The first-order chi connectivity index (χ1) is 9.58. The molecule has 1 heterocycles. The minimum Gasteiger partial charge on any atom is -0.464 e. The Morgan fingerprint density at radius 3 is 2.85 bits per heavy atom. The van der Waals surface area contributed by atoms with Gasteiger partial charge in [0.15, 0.2) is 5.69 Å². The Kier molecular flexibility index (Phi) is 3.84. The van der Waals surface area contributed by atoms with Crippen LogP contribution in [-0.4, -0.2) is 22.9 Å². The molecule has 0 saturated carbocycles. The third kappa shape index (κ3) is 2.40. The van der Waals surface area contributed by atoms with E-state index in [1.165, 1.54) is 23.9 Å². The van der Waals surface area contributed by atoms with E-state index in [-0.39, 0.29) is 23.7 Å². The highest BCUT2D eigenvalue weighted by atomic mass is 19.1. The van der Waals surface area contributed by atoms with Crippen LogP contribution in [0.2, 0.25) is 0 Å². The van der Waals surface area contributed by atoms with Crippen LogP contribution < -0.4 is 5.73 Å². The number of nitrogens with two attached hydrogens (primary N) is 1. The summed E-state index contributed by atoms with van der Waals surface area (Å²) in [6.07, 6.45) is 1.47. The maximum atomic E-state index is 13.7. The van der Waals surface area contributed by atoms with Crippen LogP contribution in [0.3, 0.4) is 0 Å². The lowest BCUT2D eigenvalue weighted by atomic mass is 10.2. The Balaban J connectivity index is 2.44. The molecule has 2 N–H and O–H groups in total. The van der Waals surface area contributed by atoms with Crippen molar-refractivity contribution in [3.63, 3.8) is 0 Å². The Labute approximate surface area is 115 Å². The molecule has 0 fully saturated rings. The van der Waals surface area contributed by atoms with Gasteiger partial charge in [0, 0.05) is 5.56 Å². The average Bonchev–Trinajstić information content (AvgIpc) is 2.76. The van der Waals surface area contributed by atoms with E-state index in [0.29, 0.717) is 11.3 Å². The Morgan fingerprint density at radius 1 is 1.55 bits per heavy atom. The molecular formula is C14H14FN3O2. The van der Waals surface area contributed by atoms with E-state index in [2.05, 4.69) is 16.4 Å². The molecule has 0 bridgehead atoms. The van der Waals surface area contributed by atoms with Crippen molar-refractivity contribution >= 4 is 17.7 Å². The molecule has 0 spiro atoms. The van der Waals surface area contributed by atoms with Gasteiger partial charge in [0.05, 0.1) is 25.0 Å². The molecule has 0 saturated heterocycles. The maximum Gasteiger partial charge on any atom is 0.360 e. The monoisotopic (exact) mass is 275 g/mol. The van der Waals surface area contributed by atoms with Crippen LogP contribution in [0.1, 0.15) is 21.7 Å². The first-order valence-electron chi connectivity index (χ1n) is 5.89. The molecule has 5 nitrogen and oxygen atoms in total.